The van der Waals surface area contributed by atoms with Gasteiger partial charge in [-0.05, 0) is 44.7 Å². The van der Waals surface area contributed by atoms with Gasteiger partial charge in [-0.2, -0.15) is 10.2 Å². The molecule has 0 bridgehead atoms. The molecule has 0 aliphatic heterocycles. The Morgan fingerprint density at radius 2 is 1.97 bits per heavy atom. The Morgan fingerprint density at radius 1 is 1.29 bits per heavy atom. The van der Waals surface area contributed by atoms with E-state index in [1.54, 1.807) is 17.6 Å². The summed E-state index contributed by atoms with van der Waals surface area (Å²) < 4.78 is 30.9. The first-order valence-electron chi connectivity index (χ1n) is 10.9. The van der Waals surface area contributed by atoms with Gasteiger partial charge < -0.3 is 21.5 Å². The summed E-state index contributed by atoms with van der Waals surface area (Å²) in [6, 6.07) is 3.14. The molecule has 1 unspecified atom stereocenters. The van der Waals surface area contributed by atoms with Crippen LogP contribution in [0.5, 0.6) is 0 Å². The molecular weight excluding hydrogens is 446 g/mol. The monoisotopic (exact) mass is 470 g/mol. The number of hydrogen-bond donors (Lipinski definition) is 4. The Kier molecular flexibility index (Phi) is 6.56. The second-order valence-electron chi connectivity index (χ2n) is 8.40. The Balaban J connectivity index is 1.77. The maximum atomic E-state index is 14.6. The van der Waals surface area contributed by atoms with Crippen LogP contribution >= 0.6 is 0 Å². The number of nitrogens with two attached hydrogens (primary N) is 1. The fourth-order valence-corrected chi connectivity index (χ4v) is 4.15. The van der Waals surface area contributed by atoms with Gasteiger partial charge in [-0.25, -0.2) is 18.7 Å². The molecule has 2 aromatic heterocycles. The Labute approximate surface area is 193 Å². The molecule has 1 amide bonds. The highest BCUT2D eigenvalue weighted by atomic mass is 19.1. The van der Waals surface area contributed by atoms with E-state index in [0.29, 0.717) is 36.8 Å². The molecule has 5 N–H and O–H groups in total. The largest absolute Gasteiger partial charge is 0.394 e. The van der Waals surface area contributed by atoms with Gasteiger partial charge in [-0.1, -0.05) is 0 Å². The van der Waals surface area contributed by atoms with Gasteiger partial charge in [0.15, 0.2) is 17.3 Å². The van der Waals surface area contributed by atoms with Crippen molar-refractivity contribution in [1.29, 1.82) is 5.26 Å². The fraction of sp³-hybridized carbons (Fsp3) is 0.409. The second-order valence-corrected chi connectivity index (χ2v) is 8.40. The van der Waals surface area contributed by atoms with Crippen molar-refractivity contribution in [2.75, 3.05) is 17.2 Å². The van der Waals surface area contributed by atoms with Gasteiger partial charge in [0.05, 0.1) is 24.4 Å². The number of rotatable bonds is 7. The number of benzene rings is 1. The zero-order valence-electron chi connectivity index (χ0n) is 18.4. The van der Waals surface area contributed by atoms with E-state index in [4.69, 9.17) is 11.0 Å². The number of amides is 1. The van der Waals surface area contributed by atoms with Crippen LogP contribution in [-0.4, -0.2) is 43.2 Å². The summed E-state index contributed by atoms with van der Waals surface area (Å²) >= 11 is 0. The summed E-state index contributed by atoms with van der Waals surface area (Å²) in [5.41, 5.74) is 5.71. The predicted molar refractivity (Wildman–Crippen MR) is 120 cm³/mol. The van der Waals surface area contributed by atoms with Crippen LogP contribution in [0.3, 0.4) is 0 Å². The normalized spacial score (nSPS) is 18.9. The average Bonchev–Trinajstić information content (AvgIpc) is 3.18. The van der Waals surface area contributed by atoms with Crippen LogP contribution in [0.15, 0.2) is 18.3 Å². The summed E-state index contributed by atoms with van der Waals surface area (Å²) in [5.74, 6) is -2.02. The van der Waals surface area contributed by atoms with Crippen molar-refractivity contribution in [2.24, 2.45) is 11.7 Å². The molecule has 0 radical (unpaired) electrons. The summed E-state index contributed by atoms with van der Waals surface area (Å²) in [5, 5.41) is 24.0. The second kappa shape index (κ2) is 9.56. The van der Waals surface area contributed by atoms with Gasteiger partial charge in [0, 0.05) is 18.0 Å². The molecule has 34 heavy (non-hydrogen) atoms. The van der Waals surface area contributed by atoms with E-state index < -0.39 is 17.3 Å². The smallest absolute Gasteiger partial charge is 0.225 e. The molecule has 2 heterocycles. The number of halogens is 2. The molecule has 1 aliphatic rings. The van der Waals surface area contributed by atoms with Crippen LogP contribution in [0.2, 0.25) is 0 Å². The van der Waals surface area contributed by atoms with Crippen molar-refractivity contribution in [3.05, 3.63) is 35.5 Å². The zero-order valence-corrected chi connectivity index (χ0v) is 18.4. The number of primary amides is 1. The minimum Gasteiger partial charge on any atom is -0.394 e. The van der Waals surface area contributed by atoms with Crippen molar-refractivity contribution in [3.8, 4) is 6.07 Å². The number of hydrogen-bond acceptors (Lipinski definition) is 8. The lowest BCUT2D eigenvalue weighted by molar-refractivity contribution is -0.122. The van der Waals surface area contributed by atoms with Gasteiger partial charge in [0.25, 0.3) is 0 Å². The van der Waals surface area contributed by atoms with Crippen molar-refractivity contribution < 1.29 is 18.7 Å². The molecular formula is C22H24F2N8O2. The molecule has 1 aliphatic carbocycles. The first kappa shape index (κ1) is 23.3. The van der Waals surface area contributed by atoms with Crippen molar-refractivity contribution in [1.82, 2.24) is 19.5 Å². The number of aliphatic hydroxyl groups is 1. The van der Waals surface area contributed by atoms with E-state index in [2.05, 4.69) is 25.6 Å². The number of anilines is 3. The van der Waals surface area contributed by atoms with E-state index in [1.807, 2.05) is 0 Å². The lowest BCUT2D eigenvalue weighted by atomic mass is 9.85. The first-order valence-corrected chi connectivity index (χ1v) is 10.9. The summed E-state index contributed by atoms with van der Waals surface area (Å²) in [6.45, 7) is 1.64. The standard InChI is InChI=1S/C22H24F2N8O2/c1-11(10-33)28-21-27-9-17-20(31-21)32(14-4-2-13(3-5-14)19(26)34)22(29-17)30-18-15(23)6-12(8-25)7-16(18)24/h6-7,9,11,13-14,33H,2-5,10H2,1H3,(H2,26,34)(H,29,30)(H,27,28,31). The van der Waals surface area contributed by atoms with Gasteiger partial charge in [-0.3, -0.25) is 9.36 Å². The minimum atomic E-state index is -0.933. The van der Waals surface area contributed by atoms with Crippen LogP contribution in [-0.2, 0) is 4.79 Å². The SMILES string of the molecule is CC(CO)Nc1ncc2nc(Nc3c(F)cc(C#N)cc3F)n(C3CCC(C(N)=O)CC3)c2n1. The first-order chi connectivity index (χ1) is 16.3. The molecule has 1 atom stereocenters. The van der Waals surface area contributed by atoms with Crippen LogP contribution in [0, 0.1) is 28.9 Å². The number of carbonyl (C=O) groups excluding carboxylic acids is 1. The summed E-state index contributed by atoms with van der Waals surface area (Å²) in [6.07, 6.45) is 3.79. The highest BCUT2D eigenvalue weighted by Gasteiger charge is 2.29. The lowest BCUT2D eigenvalue weighted by Gasteiger charge is -2.29. The molecule has 1 saturated carbocycles. The van der Waals surface area contributed by atoms with Crippen LogP contribution in [0.1, 0.15) is 44.2 Å². The van der Waals surface area contributed by atoms with E-state index in [9.17, 15) is 18.7 Å². The minimum absolute atomic E-state index is 0.123. The van der Waals surface area contributed by atoms with Crippen molar-refractivity contribution in [3.63, 3.8) is 0 Å². The van der Waals surface area contributed by atoms with Crippen LogP contribution in [0.4, 0.5) is 26.4 Å². The summed E-state index contributed by atoms with van der Waals surface area (Å²) in [4.78, 5) is 24.8. The maximum Gasteiger partial charge on any atom is 0.225 e. The average molecular weight is 470 g/mol. The van der Waals surface area contributed by atoms with Crippen molar-refractivity contribution in [2.45, 2.75) is 44.7 Å². The van der Waals surface area contributed by atoms with Gasteiger partial charge in [-0.15, -0.1) is 0 Å². The number of aliphatic hydroxyl groups excluding tert-OH is 1. The molecule has 1 aromatic carbocycles. The van der Waals surface area contributed by atoms with E-state index in [-0.39, 0.29) is 48.0 Å². The number of carbonyl (C=O) groups is 1. The predicted octanol–water partition coefficient (Wildman–Crippen LogP) is 2.73. The molecule has 1 fully saturated rings. The number of nitriles is 1. The highest BCUT2D eigenvalue weighted by molar-refractivity contribution is 5.78. The maximum absolute atomic E-state index is 14.6. The summed E-state index contributed by atoms with van der Waals surface area (Å²) in [7, 11) is 0. The quantitative estimate of drug-likeness (QED) is 0.411. The van der Waals surface area contributed by atoms with Crippen LogP contribution < -0.4 is 16.4 Å². The topological polar surface area (TPSA) is 155 Å². The number of nitrogens with one attached hydrogen (secondary N) is 2. The number of imidazole rings is 1. The molecule has 4 rings (SSSR count). The third-order valence-electron chi connectivity index (χ3n) is 5.95. The molecule has 3 aromatic rings. The highest BCUT2D eigenvalue weighted by Crippen LogP contribution is 2.37. The fourth-order valence-electron chi connectivity index (χ4n) is 4.15. The van der Waals surface area contributed by atoms with Gasteiger partial charge in [0.2, 0.25) is 17.8 Å². The molecule has 0 saturated heterocycles. The van der Waals surface area contributed by atoms with Crippen molar-refractivity contribution >= 4 is 34.7 Å². The van der Waals surface area contributed by atoms with Gasteiger partial charge in [0.1, 0.15) is 11.2 Å². The third kappa shape index (κ3) is 4.60. The third-order valence-corrected chi connectivity index (χ3v) is 5.95. The Hall–Kier alpha value is -3.85. The molecule has 10 nitrogen and oxygen atoms in total. The van der Waals surface area contributed by atoms with E-state index in [1.165, 1.54) is 6.20 Å². The number of nitrogens with zero attached hydrogens (tertiary/aromatic N) is 5. The lowest BCUT2D eigenvalue weighted by Crippen LogP contribution is -2.29. The van der Waals surface area contributed by atoms with Gasteiger partial charge >= 0.3 is 0 Å². The number of aromatic nitrogens is 4. The molecule has 12 heteroatoms. The molecule has 178 valence electrons. The van der Waals surface area contributed by atoms with E-state index in [0.717, 1.165) is 12.1 Å². The zero-order chi connectivity index (χ0) is 24.4. The van der Waals surface area contributed by atoms with Crippen LogP contribution in [0.25, 0.3) is 11.2 Å². The Morgan fingerprint density at radius 3 is 2.56 bits per heavy atom. The Bertz CT molecular complexity index is 1240. The molecule has 0 spiro atoms. The number of fused-ring (bicyclic) bond motifs is 1. The van der Waals surface area contributed by atoms with E-state index >= 15 is 0 Å².